The summed E-state index contributed by atoms with van der Waals surface area (Å²) in [4.78, 5) is 2.67. The SMILES string of the molecule is C[C@H]1CC(C)(C)N2C3NC(n4ccc(OCCC5(C(F)(F)F)CC5)n4)CCC3CN(S(=O)(=O)c3ccccc3)C12. The molecule has 1 aromatic carbocycles. The van der Waals surface area contributed by atoms with Crippen molar-refractivity contribution in [3.8, 4) is 5.88 Å². The molecule has 0 radical (unpaired) electrons. The summed E-state index contributed by atoms with van der Waals surface area (Å²) in [5.74, 6) is 0.561. The van der Waals surface area contributed by atoms with Gasteiger partial charge < -0.3 is 4.74 Å². The number of alkyl halides is 3. The Labute approximate surface area is 233 Å². The minimum Gasteiger partial charge on any atom is -0.477 e. The first-order chi connectivity index (χ1) is 18.8. The Balaban J connectivity index is 1.18. The molecule has 4 fully saturated rings. The van der Waals surface area contributed by atoms with Gasteiger partial charge in [-0.25, -0.2) is 8.42 Å². The van der Waals surface area contributed by atoms with Crippen LogP contribution in [0.3, 0.4) is 0 Å². The molecule has 0 spiro atoms. The second kappa shape index (κ2) is 9.71. The molecule has 220 valence electrons. The lowest BCUT2D eigenvalue weighted by Gasteiger charge is -2.55. The Bertz CT molecular complexity index is 1330. The molecular weight excluding hydrogens is 543 g/mol. The van der Waals surface area contributed by atoms with E-state index in [0.717, 1.165) is 19.3 Å². The van der Waals surface area contributed by atoms with Gasteiger partial charge in [0.1, 0.15) is 6.17 Å². The molecule has 40 heavy (non-hydrogen) atoms. The molecule has 4 unspecified atom stereocenters. The summed E-state index contributed by atoms with van der Waals surface area (Å²) in [6, 6.07) is 10.4. The van der Waals surface area contributed by atoms with Crippen molar-refractivity contribution in [3.05, 3.63) is 42.6 Å². The van der Waals surface area contributed by atoms with E-state index in [2.05, 4.69) is 36.1 Å². The van der Waals surface area contributed by atoms with Crippen molar-refractivity contribution in [2.45, 2.75) is 94.4 Å². The number of benzene rings is 1. The van der Waals surface area contributed by atoms with Crippen molar-refractivity contribution < 1.29 is 26.3 Å². The minimum atomic E-state index is -4.19. The molecule has 3 saturated heterocycles. The average Bonchev–Trinajstić information content (AvgIpc) is 3.49. The Kier molecular flexibility index (Phi) is 6.79. The van der Waals surface area contributed by atoms with E-state index in [-0.39, 0.29) is 61.7 Å². The van der Waals surface area contributed by atoms with Gasteiger partial charge in [-0.15, -0.1) is 5.10 Å². The molecule has 1 aromatic heterocycles. The van der Waals surface area contributed by atoms with Crippen LogP contribution >= 0.6 is 0 Å². The fourth-order valence-electron chi connectivity index (χ4n) is 7.30. The topological polar surface area (TPSA) is 79.7 Å². The second-order valence-electron chi connectivity index (χ2n) is 12.7. The zero-order valence-electron chi connectivity index (χ0n) is 23.1. The van der Waals surface area contributed by atoms with Crippen LogP contribution in [-0.4, -0.2) is 64.6 Å². The van der Waals surface area contributed by atoms with Gasteiger partial charge in [0.15, 0.2) is 0 Å². The maximum Gasteiger partial charge on any atom is 0.394 e. The zero-order chi connectivity index (χ0) is 28.5. The lowest BCUT2D eigenvalue weighted by molar-refractivity contribution is -0.190. The number of ether oxygens (including phenoxy) is 1. The van der Waals surface area contributed by atoms with Gasteiger partial charge in [0.25, 0.3) is 0 Å². The normalized spacial score (nSPS) is 31.9. The predicted molar refractivity (Wildman–Crippen MR) is 143 cm³/mol. The number of rotatable bonds is 7. The standard InChI is InChI=1S/C28H38F3N5O3S/c1-19-17-26(2,3)36-24-20(18-35(25(19)36)40(37,38)21-7-5-4-6-8-21)9-10-22(32-24)34-15-11-23(33-34)39-16-14-27(12-13-27)28(29,30)31/h4-8,11,15,19-20,22,24-25,32H,9-10,12-14,16-18H2,1-3H3/t19-,20?,22?,24?,25?/m0/s1. The van der Waals surface area contributed by atoms with Crippen molar-refractivity contribution in [1.29, 1.82) is 0 Å². The third-order valence-electron chi connectivity index (χ3n) is 9.48. The van der Waals surface area contributed by atoms with Crippen LogP contribution < -0.4 is 10.1 Å². The number of hydrogen-bond donors (Lipinski definition) is 1. The molecule has 4 heterocycles. The van der Waals surface area contributed by atoms with Crippen LogP contribution in [0.2, 0.25) is 0 Å². The molecule has 0 amide bonds. The maximum absolute atomic E-state index is 13.8. The molecule has 1 N–H and O–H groups in total. The summed E-state index contributed by atoms with van der Waals surface area (Å²) in [5.41, 5.74) is -1.81. The summed E-state index contributed by atoms with van der Waals surface area (Å²) in [5, 5.41) is 8.29. The summed E-state index contributed by atoms with van der Waals surface area (Å²) in [6.07, 6.45) is -0.135. The third-order valence-corrected chi connectivity index (χ3v) is 11.3. The number of fused-ring (bicyclic) bond motifs is 3. The number of nitrogens with zero attached hydrogens (tertiary/aromatic N) is 4. The second-order valence-corrected chi connectivity index (χ2v) is 14.6. The van der Waals surface area contributed by atoms with Gasteiger partial charge in [0.2, 0.25) is 15.9 Å². The molecule has 4 aliphatic rings. The first-order valence-electron chi connectivity index (χ1n) is 14.2. The molecule has 12 heteroatoms. The Morgan fingerprint density at radius 1 is 1.12 bits per heavy atom. The van der Waals surface area contributed by atoms with Gasteiger partial charge in [-0.2, -0.15) is 17.5 Å². The van der Waals surface area contributed by atoms with Crippen molar-refractivity contribution in [2.75, 3.05) is 13.2 Å². The van der Waals surface area contributed by atoms with Crippen LogP contribution in [0.1, 0.15) is 65.5 Å². The smallest absolute Gasteiger partial charge is 0.394 e. The predicted octanol–water partition coefficient (Wildman–Crippen LogP) is 4.97. The lowest BCUT2D eigenvalue weighted by Crippen LogP contribution is -2.70. The van der Waals surface area contributed by atoms with Crippen LogP contribution in [0.15, 0.2) is 47.5 Å². The quantitative estimate of drug-likeness (QED) is 0.498. The van der Waals surface area contributed by atoms with E-state index in [0.29, 0.717) is 17.3 Å². The maximum atomic E-state index is 13.8. The molecular formula is C28H38F3N5O3S. The highest BCUT2D eigenvalue weighted by Crippen LogP contribution is 2.59. The van der Waals surface area contributed by atoms with E-state index in [1.54, 1.807) is 45.5 Å². The van der Waals surface area contributed by atoms with Crippen molar-refractivity contribution >= 4 is 10.0 Å². The highest BCUT2D eigenvalue weighted by Gasteiger charge is 2.62. The van der Waals surface area contributed by atoms with Crippen molar-refractivity contribution in [1.82, 2.24) is 24.3 Å². The lowest BCUT2D eigenvalue weighted by atomic mass is 9.89. The van der Waals surface area contributed by atoms with Crippen molar-refractivity contribution in [2.24, 2.45) is 17.3 Å². The molecule has 2 aromatic rings. The summed E-state index contributed by atoms with van der Waals surface area (Å²) in [6.45, 7) is 6.91. The van der Waals surface area contributed by atoms with Gasteiger partial charge >= 0.3 is 6.18 Å². The van der Waals surface area contributed by atoms with Gasteiger partial charge in [0, 0.05) is 30.3 Å². The van der Waals surface area contributed by atoms with Gasteiger partial charge in [-0.05, 0) is 70.4 Å². The monoisotopic (exact) mass is 581 g/mol. The van der Waals surface area contributed by atoms with Crippen LogP contribution in [0, 0.1) is 17.3 Å². The number of aromatic nitrogens is 2. The number of halogens is 3. The van der Waals surface area contributed by atoms with E-state index in [9.17, 15) is 21.6 Å². The summed E-state index contributed by atoms with van der Waals surface area (Å²) in [7, 11) is -3.68. The number of nitrogens with one attached hydrogen (secondary N) is 1. The highest BCUT2D eigenvalue weighted by molar-refractivity contribution is 7.89. The van der Waals surface area contributed by atoms with Crippen LogP contribution in [0.25, 0.3) is 0 Å². The fourth-order valence-corrected chi connectivity index (χ4v) is 9.06. The molecule has 5 atom stereocenters. The molecule has 8 nitrogen and oxygen atoms in total. The van der Waals surface area contributed by atoms with E-state index in [1.807, 2.05) is 6.07 Å². The van der Waals surface area contributed by atoms with Gasteiger partial charge in [-0.3, -0.25) is 14.9 Å². The van der Waals surface area contributed by atoms with Crippen LogP contribution in [-0.2, 0) is 10.0 Å². The van der Waals surface area contributed by atoms with Crippen LogP contribution in [0.4, 0.5) is 13.2 Å². The Morgan fingerprint density at radius 3 is 2.52 bits per heavy atom. The number of hydrogen-bond acceptors (Lipinski definition) is 6. The van der Waals surface area contributed by atoms with E-state index >= 15 is 0 Å². The number of piperidine rings is 1. The van der Waals surface area contributed by atoms with Gasteiger partial charge in [0.05, 0.1) is 29.2 Å². The molecule has 3 aliphatic heterocycles. The third kappa shape index (κ3) is 4.74. The van der Waals surface area contributed by atoms with E-state index < -0.39 is 21.6 Å². The first-order valence-corrected chi connectivity index (χ1v) is 15.6. The van der Waals surface area contributed by atoms with Crippen LogP contribution in [0.5, 0.6) is 5.88 Å². The zero-order valence-corrected chi connectivity index (χ0v) is 24.0. The summed E-state index contributed by atoms with van der Waals surface area (Å²) >= 11 is 0. The van der Waals surface area contributed by atoms with Gasteiger partial charge in [-0.1, -0.05) is 25.1 Å². The fraction of sp³-hybridized carbons (Fsp3) is 0.679. The molecule has 6 rings (SSSR count). The molecule has 0 bridgehead atoms. The first kappa shape index (κ1) is 28.0. The summed E-state index contributed by atoms with van der Waals surface area (Å²) < 4.78 is 76.5. The number of sulfonamides is 1. The largest absolute Gasteiger partial charge is 0.477 e. The van der Waals surface area contributed by atoms with Crippen molar-refractivity contribution in [3.63, 3.8) is 0 Å². The molecule has 1 aliphatic carbocycles. The minimum absolute atomic E-state index is 0.0213. The molecule has 1 saturated carbocycles. The Morgan fingerprint density at radius 2 is 1.85 bits per heavy atom. The Hall–Kier alpha value is -2.15. The van der Waals surface area contributed by atoms with E-state index in [4.69, 9.17) is 4.74 Å². The average molecular weight is 582 g/mol. The highest BCUT2D eigenvalue weighted by atomic mass is 32.2. The van der Waals surface area contributed by atoms with E-state index in [1.165, 1.54) is 0 Å².